The molecule has 2 aromatic rings. The molecule has 2 N–H and O–H groups in total. The predicted molar refractivity (Wildman–Crippen MR) is 73.8 cm³/mol. The summed E-state index contributed by atoms with van der Waals surface area (Å²) in [5.74, 6) is 0. The van der Waals surface area contributed by atoms with Crippen LogP contribution in [0.5, 0.6) is 0 Å². The molecule has 0 saturated carbocycles. The molecule has 0 spiro atoms. The molecule has 2 rings (SSSR count). The molecule has 2 aromatic carbocycles. The Morgan fingerprint density at radius 3 is 2.79 bits per heavy atom. The van der Waals surface area contributed by atoms with Gasteiger partial charge in [-0.3, -0.25) is 0 Å². The highest BCUT2D eigenvalue weighted by Crippen LogP contribution is 2.36. The van der Waals surface area contributed by atoms with Crippen LogP contribution in [0.15, 0.2) is 28.7 Å². The van der Waals surface area contributed by atoms with Crippen LogP contribution in [-0.4, -0.2) is 0 Å². The van der Waals surface area contributed by atoms with Gasteiger partial charge in [0.2, 0.25) is 0 Å². The van der Waals surface area contributed by atoms with Crippen molar-refractivity contribution in [2.45, 2.75) is 0 Å². The van der Waals surface area contributed by atoms with Crippen LogP contribution in [0, 0.1) is 3.57 Å². The first-order valence-electron chi connectivity index (χ1n) is 3.93. The van der Waals surface area contributed by atoms with Crippen molar-refractivity contribution in [3.8, 4) is 0 Å². The largest absolute Gasteiger partial charge is 0.397 e. The summed E-state index contributed by atoms with van der Waals surface area (Å²) in [4.78, 5) is 0. The summed E-state index contributed by atoms with van der Waals surface area (Å²) in [6.07, 6.45) is 0. The molecule has 0 saturated heterocycles. The molecule has 0 unspecified atom stereocenters. The number of fused-ring (bicyclic) bond motifs is 1. The highest BCUT2D eigenvalue weighted by molar-refractivity contribution is 14.1. The van der Waals surface area contributed by atoms with Crippen molar-refractivity contribution in [1.82, 2.24) is 0 Å². The maximum Gasteiger partial charge on any atom is 0.0530 e. The molecule has 0 aliphatic carbocycles. The fraction of sp³-hybridized carbons (Fsp3) is 0. The highest BCUT2D eigenvalue weighted by Gasteiger charge is 2.08. The van der Waals surface area contributed by atoms with Crippen molar-refractivity contribution in [3.63, 3.8) is 0 Å². The summed E-state index contributed by atoms with van der Waals surface area (Å²) in [6, 6.07) is 7.72. The maximum atomic E-state index is 6.10. The molecule has 0 heterocycles. The van der Waals surface area contributed by atoms with Gasteiger partial charge in [-0.1, -0.05) is 39.7 Å². The van der Waals surface area contributed by atoms with E-state index in [0.29, 0.717) is 0 Å². The van der Waals surface area contributed by atoms with Gasteiger partial charge in [0.05, 0.1) is 5.69 Å². The molecule has 0 fully saturated rings. The van der Waals surface area contributed by atoms with Gasteiger partial charge < -0.3 is 5.73 Å². The molecule has 72 valence electrons. The van der Waals surface area contributed by atoms with Gasteiger partial charge in [0.15, 0.2) is 0 Å². The van der Waals surface area contributed by atoms with Crippen LogP contribution < -0.4 is 5.73 Å². The second-order valence-electron chi connectivity index (χ2n) is 2.92. The Kier molecular flexibility index (Phi) is 2.91. The summed E-state index contributed by atoms with van der Waals surface area (Å²) in [5.41, 5.74) is 6.75. The van der Waals surface area contributed by atoms with E-state index < -0.39 is 0 Å². The standard InChI is InChI=1S/C10H6BrClIN/c11-6-4-8(13)10(14)5-2-1-3-7(12)9(5)6/h1-4H,14H2. The van der Waals surface area contributed by atoms with Gasteiger partial charge in [0, 0.05) is 23.8 Å². The molecule has 0 radical (unpaired) electrons. The number of hydrogen-bond donors (Lipinski definition) is 1. The Hall–Kier alpha value is -0.000000000000000111. The minimum Gasteiger partial charge on any atom is -0.397 e. The fourth-order valence-electron chi connectivity index (χ4n) is 1.38. The molecule has 0 atom stereocenters. The SMILES string of the molecule is Nc1c(I)cc(Br)c2c(Cl)cccc12. The third kappa shape index (κ3) is 1.61. The Balaban J connectivity index is 3.02. The number of benzene rings is 2. The van der Waals surface area contributed by atoms with Gasteiger partial charge in [0.1, 0.15) is 0 Å². The second kappa shape index (κ2) is 3.87. The monoisotopic (exact) mass is 381 g/mol. The van der Waals surface area contributed by atoms with Gasteiger partial charge in [-0.2, -0.15) is 0 Å². The van der Waals surface area contributed by atoms with E-state index in [0.717, 1.165) is 29.5 Å². The van der Waals surface area contributed by atoms with Crippen molar-refractivity contribution >= 4 is 66.6 Å². The van der Waals surface area contributed by atoms with Crippen molar-refractivity contribution in [1.29, 1.82) is 0 Å². The molecular weight excluding hydrogens is 376 g/mol. The van der Waals surface area contributed by atoms with Crippen LogP contribution in [0.1, 0.15) is 0 Å². The lowest BCUT2D eigenvalue weighted by Crippen LogP contribution is -1.92. The summed E-state index contributed by atoms with van der Waals surface area (Å²) in [5, 5.41) is 2.70. The van der Waals surface area contributed by atoms with E-state index in [1.807, 2.05) is 24.3 Å². The Morgan fingerprint density at radius 2 is 2.07 bits per heavy atom. The maximum absolute atomic E-state index is 6.10. The smallest absolute Gasteiger partial charge is 0.0530 e. The minimum atomic E-state index is 0.720. The van der Waals surface area contributed by atoms with Crippen molar-refractivity contribution in [3.05, 3.63) is 37.3 Å². The van der Waals surface area contributed by atoms with Gasteiger partial charge in [-0.05, 0) is 34.7 Å². The first-order valence-corrected chi connectivity index (χ1v) is 6.18. The van der Waals surface area contributed by atoms with Crippen molar-refractivity contribution in [2.75, 3.05) is 5.73 Å². The average molecular weight is 382 g/mol. The first kappa shape index (κ1) is 10.5. The lowest BCUT2D eigenvalue weighted by atomic mass is 10.1. The van der Waals surface area contributed by atoms with Gasteiger partial charge in [0.25, 0.3) is 0 Å². The summed E-state index contributed by atoms with van der Waals surface area (Å²) in [7, 11) is 0. The topological polar surface area (TPSA) is 26.0 Å². The second-order valence-corrected chi connectivity index (χ2v) is 5.34. The van der Waals surface area contributed by atoms with Crippen molar-refractivity contribution in [2.24, 2.45) is 0 Å². The van der Waals surface area contributed by atoms with E-state index in [1.165, 1.54) is 0 Å². The van der Waals surface area contributed by atoms with Gasteiger partial charge >= 0.3 is 0 Å². The minimum absolute atomic E-state index is 0.720. The number of nitrogens with two attached hydrogens (primary N) is 1. The van der Waals surface area contributed by atoms with Gasteiger partial charge in [-0.25, -0.2) is 0 Å². The molecule has 1 nitrogen and oxygen atoms in total. The van der Waals surface area contributed by atoms with E-state index in [-0.39, 0.29) is 0 Å². The Morgan fingerprint density at radius 1 is 1.36 bits per heavy atom. The predicted octanol–water partition coefficient (Wildman–Crippen LogP) is 4.44. The number of halogens is 3. The Bertz CT molecular complexity index is 513. The van der Waals surface area contributed by atoms with Crippen LogP contribution in [-0.2, 0) is 0 Å². The lowest BCUT2D eigenvalue weighted by molar-refractivity contribution is 1.64. The fourth-order valence-corrected chi connectivity index (χ4v) is 3.46. The van der Waals surface area contributed by atoms with E-state index >= 15 is 0 Å². The van der Waals surface area contributed by atoms with Crippen LogP contribution in [0.3, 0.4) is 0 Å². The van der Waals surface area contributed by atoms with Crippen LogP contribution >= 0.6 is 50.1 Å². The zero-order chi connectivity index (χ0) is 10.3. The number of hydrogen-bond acceptors (Lipinski definition) is 1. The van der Waals surface area contributed by atoms with Crippen LogP contribution in [0.25, 0.3) is 10.8 Å². The zero-order valence-corrected chi connectivity index (χ0v) is 11.5. The average Bonchev–Trinajstić information content (AvgIpc) is 2.14. The van der Waals surface area contributed by atoms with Gasteiger partial charge in [-0.15, -0.1) is 0 Å². The lowest BCUT2D eigenvalue weighted by Gasteiger charge is -2.08. The summed E-state index contributed by atoms with van der Waals surface area (Å²) >= 11 is 11.8. The quantitative estimate of drug-likeness (QED) is 0.529. The molecule has 0 bridgehead atoms. The number of nitrogen functional groups attached to an aromatic ring is 1. The number of rotatable bonds is 0. The van der Waals surface area contributed by atoms with E-state index in [4.69, 9.17) is 17.3 Å². The van der Waals surface area contributed by atoms with E-state index in [9.17, 15) is 0 Å². The van der Waals surface area contributed by atoms with E-state index in [2.05, 4.69) is 38.5 Å². The van der Waals surface area contributed by atoms with E-state index in [1.54, 1.807) is 0 Å². The highest BCUT2D eigenvalue weighted by atomic mass is 127. The summed E-state index contributed by atoms with van der Waals surface area (Å²) in [6.45, 7) is 0. The Labute approximate surface area is 109 Å². The first-order chi connectivity index (χ1) is 6.61. The molecule has 0 aliphatic heterocycles. The molecule has 4 heteroatoms. The number of anilines is 1. The molecule has 14 heavy (non-hydrogen) atoms. The van der Waals surface area contributed by atoms with Crippen molar-refractivity contribution < 1.29 is 0 Å². The normalized spacial score (nSPS) is 10.8. The molecule has 0 amide bonds. The molecule has 0 aliphatic rings. The zero-order valence-electron chi connectivity index (χ0n) is 7.02. The third-order valence-electron chi connectivity index (χ3n) is 2.05. The molecular formula is C10H6BrClIN. The molecule has 0 aromatic heterocycles. The summed E-state index contributed by atoms with van der Waals surface area (Å²) < 4.78 is 2.01. The van der Waals surface area contributed by atoms with Crippen LogP contribution in [0.4, 0.5) is 5.69 Å². The third-order valence-corrected chi connectivity index (χ3v) is 3.89. The van der Waals surface area contributed by atoms with Crippen LogP contribution in [0.2, 0.25) is 5.02 Å².